The summed E-state index contributed by atoms with van der Waals surface area (Å²) in [5.41, 5.74) is 2.54. The smallest absolute Gasteiger partial charge is 0.231 e. The van der Waals surface area contributed by atoms with Crippen LogP contribution in [0.15, 0.2) is 48.8 Å². The molecule has 3 aromatic rings. The van der Waals surface area contributed by atoms with Gasteiger partial charge in [0, 0.05) is 24.3 Å². The molecule has 2 aromatic heterocycles. The van der Waals surface area contributed by atoms with Crippen molar-refractivity contribution in [3.63, 3.8) is 0 Å². The third-order valence-electron chi connectivity index (χ3n) is 5.11. The van der Waals surface area contributed by atoms with Crippen LogP contribution in [0, 0.1) is 5.92 Å². The minimum atomic E-state index is 0.153. The summed E-state index contributed by atoms with van der Waals surface area (Å²) < 4.78 is 2.08. The minimum Gasteiger partial charge on any atom is -0.396 e. The number of nitrogens with zero attached hydrogens (tertiary/aromatic N) is 4. The van der Waals surface area contributed by atoms with E-state index in [9.17, 15) is 5.11 Å². The highest BCUT2D eigenvalue weighted by Gasteiger charge is 2.26. The van der Waals surface area contributed by atoms with Crippen LogP contribution < -0.4 is 10.6 Å². The van der Waals surface area contributed by atoms with Gasteiger partial charge in [-0.15, -0.1) is 0 Å². The van der Waals surface area contributed by atoms with E-state index in [-0.39, 0.29) is 18.6 Å². The number of allylic oxidation sites excluding steroid dienone is 1. The zero-order valence-corrected chi connectivity index (χ0v) is 14.9. The summed E-state index contributed by atoms with van der Waals surface area (Å²) >= 11 is 0. The van der Waals surface area contributed by atoms with Crippen LogP contribution in [0.1, 0.15) is 25.3 Å². The molecule has 0 unspecified atom stereocenters. The molecule has 0 aliphatic heterocycles. The molecule has 1 fully saturated rings. The number of para-hydroxylation sites is 1. The number of imidazole rings is 1. The number of benzene rings is 1. The quantitative estimate of drug-likeness (QED) is 0.584. The third kappa shape index (κ3) is 3.26. The lowest BCUT2D eigenvalue weighted by molar-refractivity contribution is 0.244. The number of fused-ring (bicyclic) bond motifs is 1. The Hall–Kier alpha value is -2.93. The fourth-order valence-electron chi connectivity index (χ4n) is 3.48. The van der Waals surface area contributed by atoms with Crippen molar-refractivity contribution in [2.75, 3.05) is 17.2 Å². The van der Waals surface area contributed by atoms with E-state index >= 15 is 0 Å². The fraction of sp³-hybridized carbons (Fsp3) is 0.350. The van der Waals surface area contributed by atoms with E-state index < -0.39 is 0 Å². The Bertz CT molecular complexity index is 979. The van der Waals surface area contributed by atoms with Gasteiger partial charge in [0.1, 0.15) is 0 Å². The van der Waals surface area contributed by atoms with Gasteiger partial charge in [-0.2, -0.15) is 9.97 Å². The van der Waals surface area contributed by atoms with Crippen LogP contribution >= 0.6 is 0 Å². The Morgan fingerprint density at radius 2 is 1.96 bits per heavy atom. The van der Waals surface area contributed by atoms with Crippen LogP contribution in [0.2, 0.25) is 0 Å². The molecule has 5 rings (SSSR count). The van der Waals surface area contributed by atoms with E-state index in [2.05, 4.69) is 37.3 Å². The number of rotatable bonds is 6. The van der Waals surface area contributed by atoms with Gasteiger partial charge in [0.15, 0.2) is 17.0 Å². The predicted molar refractivity (Wildman–Crippen MR) is 105 cm³/mol. The molecule has 0 spiro atoms. The topological polar surface area (TPSA) is 87.9 Å². The first-order valence-corrected chi connectivity index (χ1v) is 9.42. The summed E-state index contributed by atoms with van der Waals surface area (Å²) in [4.78, 5) is 14.0. The molecule has 3 N–H and O–H groups in total. The normalized spacial score (nSPS) is 21.7. The highest BCUT2D eigenvalue weighted by molar-refractivity contribution is 5.85. The van der Waals surface area contributed by atoms with Gasteiger partial charge in [-0.3, -0.25) is 0 Å². The maximum absolute atomic E-state index is 9.43. The largest absolute Gasteiger partial charge is 0.396 e. The van der Waals surface area contributed by atoms with Crippen LogP contribution in [-0.4, -0.2) is 37.3 Å². The molecule has 2 heterocycles. The Morgan fingerprint density at radius 1 is 1.11 bits per heavy atom. The first kappa shape index (κ1) is 16.3. The van der Waals surface area contributed by atoms with Crippen LogP contribution in [0.4, 0.5) is 17.5 Å². The van der Waals surface area contributed by atoms with E-state index in [1.54, 1.807) is 0 Å². The van der Waals surface area contributed by atoms with Crippen LogP contribution in [-0.2, 0) is 0 Å². The zero-order chi connectivity index (χ0) is 18.2. The molecule has 2 aliphatic carbocycles. The number of aromatic nitrogens is 4. The van der Waals surface area contributed by atoms with Crippen molar-refractivity contribution >= 4 is 28.6 Å². The molecule has 7 heteroatoms. The summed E-state index contributed by atoms with van der Waals surface area (Å²) in [5.74, 6) is 1.53. The minimum absolute atomic E-state index is 0.153. The van der Waals surface area contributed by atoms with Crippen molar-refractivity contribution in [3.05, 3.63) is 48.8 Å². The van der Waals surface area contributed by atoms with Gasteiger partial charge < -0.3 is 20.3 Å². The molecule has 138 valence electrons. The molecule has 2 aliphatic rings. The SMILES string of the molecule is OC[C@@H]1C=C[C@H](n2cnc3c(NC4CC4)nc(Nc4ccccc4)nc32)C1. The lowest BCUT2D eigenvalue weighted by Gasteiger charge is -2.14. The van der Waals surface area contributed by atoms with Crippen LogP contribution in [0.25, 0.3) is 11.2 Å². The zero-order valence-electron chi connectivity index (χ0n) is 14.9. The Balaban J connectivity index is 1.54. The van der Waals surface area contributed by atoms with Crippen molar-refractivity contribution in [2.45, 2.75) is 31.3 Å². The van der Waals surface area contributed by atoms with E-state index in [0.717, 1.165) is 41.9 Å². The summed E-state index contributed by atoms with van der Waals surface area (Å²) in [7, 11) is 0. The molecule has 1 aromatic carbocycles. The molecule has 2 atom stereocenters. The number of aliphatic hydroxyl groups excluding tert-OH is 1. The van der Waals surface area contributed by atoms with E-state index in [1.807, 2.05) is 36.7 Å². The van der Waals surface area contributed by atoms with Crippen molar-refractivity contribution in [1.29, 1.82) is 0 Å². The molecular formula is C20H22N6O. The summed E-state index contributed by atoms with van der Waals surface area (Å²) in [5, 5.41) is 16.2. The number of hydrogen-bond acceptors (Lipinski definition) is 6. The van der Waals surface area contributed by atoms with Gasteiger partial charge in [0.25, 0.3) is 0 Å². The summed E-state index contributed by atoms with van der Waals surface area (Å²) in [6.45, 7) is 0.171. The third-order valence-corrected chi connectivity index (χ3v) is 5.11. The lowest BCUT2D eigenvalue weighted by Crippen LogP contribution is -2.10. The van der Waals surface area contributed by atoms with Crippen molar-refractivity contribution in [3.8, 4) is 0 Å². The van der Waals surface area contributed by atoms with E-state index in [0.29, 0.717) is 12.0 Å². The fourth-order valence-corrected chi connectivity index (χ4v) is 3.48. The first-order chi connectivity index (χ1) is 13.3. The van der Waals surface area contributed by atoms with Gasteiger partial charge in [0.2, 0.25) is 5.95 Å². The van der Waals surface area contributed by atoms with Crippen molar-refractivity contribution in [1.82, 2.24) is 19.5 Å². The Labute approximate surface area is 157 Å². The van der Waals surface area contributed by atoms with E-state index in [1.165, 1.54) is 0 Å². The van der Waals surface area contributed by atoms with Crippen LogP contribution in [0.5, 0.6) is 0 Å². The highest BCUT2D eigenvalue weighted by atomic mass is 16.3. The average Bonchev–Trinajstić information content (AvgIpc) is 3.20. The number of anilines is 3. The van der Waals surface area contributed by atoms with Gasteiger partial charge in [0.05, 0.1) is 12.4 Å². The number of hydrogen-bond donors (Lipinski definition) is 3. The summed E-state index contributed by atoms with van der Waals surface area (Å²) in [6.07, 6.45) is 9.22. The maximum Gasteiger partial charge on any atom is 0.231 e. The molecule has 0 amide bonds. The van der Waals surface area contributed by atoms with Gasteiger partial charge >= 0.3 is 0 Å². The summed E-state index contributed by atoms with van der Waals surface area (Å²) in [6, 6.07) is 10.5. The Kier molecular flexibility index (Phi) is 4.01. The predicted octanol–water partition coefficient (Wildman–Crippen LogP) is 3.25. The molecule has 27 heavy (non-hydrogen) atoms. The van der Waals surface area contributed by atoms with Crippen molar-refractivity contribution in [2.24, 2.45) is 5.92 Å². The van der Waals surface area contributed by atoms with Crippen molar-refractivity contribution < 1.29 is 5.11 Å². The van der Waals surface area contributed by atoms with Gasteiger partial charge in [-0.25, -0.2) is 4.98 Å². The second kappa shape index (κ2) is 6.66. The molecule has 7 nitrogen and oxygen atoms in total. The first-order valence-electron chi connectivity index (χ1n) is 9.42. The highest BCUT2D eigenvalue weighted by Crippen LogP contribution is 2.33. The van der Waals surface area contributed by atoms with Gasteiger partial charge in [-0.1, -0.05) is 30.4 Å². The number of aliphatic hydroxyl groups is 1. The standard InChI is InChI=1S/C20H22N6O/c27-11-13-6-9-16(10-13)26-12-21-17-18(22-15-7-8-15)24-20(25-19(17)26)23-14-4-2-1-3-5-14/h1-6,9,12-13,15-16,27H,7-8,10-11H2,(H2,22,23,24,25)/t13-,16+/m1/s1. The maximum atomic E-state index is 9.43. The lowest BCUT2D eigenvalue weighted by atomic mass is 10.1. The second-order valence-electron chi connectivity index (χ2n) is 7.26. The number of nitrogens with one attached hydrogen (secondary N) is 2. The molecular weight excluding hydrogens is 340 g/mol. The van der Waals surface area contributed by atoms with Crippen LogP contribution in [0.3, 0.4) is 0 Å². The molecule has 0 radical (unpaired) electrons. The average molecular weight is 362 g/mol. The molecule has 0 saturated heterocycles. The monoisotopic (exact) mass is 362 g/mol. The molecule has 0 bridgehead atoms. The second-order valence-corrected chi connectivity index (χ2v) is 7.26. The van der Waals surface area contributed by atoms with E-state index in [4.69, 9.17) is 4.98 Å². The van der Waals surface area contributed by atoms with Gasteiger partial charge in [-0.05, 0) is 31.4 Å². The molecule has 1 saturated carbocycles. The Morgan fingerprint density at radius 3 is 2.70 bits per heavy atom.